The van der Waals surface area contributed by atoms with Crippen molar-refractivity contribution in [3.8, 4) is 5.75 Å². The van der Waals surface area contributed by atoms with Gasteiger partial charge in [-0.15, -0.1) is 0 Å². The van der Waals surface area contributed by atoms with Crippen molar-refractivity contribution in [3.05, 3.63) is 28.8 Å². The van der Waals surface area contributed by atoms with Crippen LogP contribution in [0.4, 0.5) is 0 Å². The predicted octanol–water partition coefficient (Wildman–Crippen LogP) is 1.85. The van der Waals surface area contributed by atoms with Crippen LogP contribution in [-0.4, -0.2) is 34.5 Å². The number of benzene rings is 1. The Morgan fingerprint density at radius 1 is 1.50 bits per heavy atom. The molecule has 0 aromatic heterocycles. The maximum absolute atomic E-state index is 12.2. The number of aromatic hydroxyl groups is 1. The van der Waals surface area contributed by atoms with Gasteiger partial charge in [0.15, 0.2) is 0 Å². The zero-order valence-corrected chi connectivity index (χ0v) is 11.2. The van der Waals surface area contributed by atoms with Crippen LogP contribution in [0.5, 0.6) is 5.75 Å². The normalized spacial score (nSPS) is 17.7. The predicted molar refractivity (Wildman–Crippen MR) is 70.8 cm³/mol. The Bertz CT molecular complexity index is 482. The molecule has 0 aliphatic carbocycles. The number of hydrogen-bond donors (Lipinski definition) is 2. The quantitative estimate of drug-likeness (QED) is 0.860. The molecule has 5 heteroatoms. The van der Waals surface area contributed by atoms with Gasteiger partial charge in [0.25, 0.3) is 5.91 Å². The van der Waals surface area contributed by atoms with Crippen molar-refractivity contribution in [1.82, 2.24) is 4.90 Å². The van der Waals surface area contributed by atoms with Gasteiger partial charge in [0.05, 0.1) is 16.1 Å². The third kappa shape index (κ3) is 2.18. The fourth-order valence-corrected chi connectivity index (χ4v) is 2.22. The number of amides is 1. The molecular weight excluding hydrogens is 252 g/mol. The fraction of sp³-hybridized carbons (Fsp3) is 0.462. The molecule has 0 spiro atoms. The molecule has 0 unspecified atom stereocenters. The molecule has 1 fully saturated rings. The number of rotatable bonds is 2. The lowest BCUT2D eigenvalue weighted by Crippen LogP contribution is -2.71. The van der Waals surface area contributed by atoms with Crippen LogP contribution in [0.1, 0.15) is 24.2 Å². The van der Waals surface area contributed by atoms with Gasteiger partial charge in [-0.3, -0.25) is 4.79 Å². The van der Waals surface area contributed by atoms with E-state index >= 15 is 0 Å². The molecule has 4 nitrogen and oxygen atoms in total. The zero-order chi connectivity index (χ0) is 13.5. The van der Waals surface area contributed by atoms with E-state index in [1.54, 1.807) is 4.90 Å². The van der Waals surface area contributed by atoms with Crippen LogP contribution in [0.2, 0.25) is 5.02 Å². The third-order valence-corrected chi connectivity index (χ3v) is 3.92. The first-order valence-electron chi connectivity index (χ1n) is 5.90. The number of nitrogens with two attached hydrogens (primary N) is 1. The number of carbonyl (C=O) groups is 1. The molecule has 98 valence electrons. The molecule has 1 saturated heterocycles. The molecule has 1 amide bonds. The molecule has 2 rings (SSSR count). The van der Waals surface area contributed by atoms with E-state index in [4.69, 9.17) is 17.3 Å². The Morgan fingerprint density at radius 3 is 2.67 bits per heavy atom. The maximum Gasteiger partial charge on any atom is 0.255 e. The summed E-state index contributed by atoms with van der Waals surface area (Å²) in [7, 11) is 0. The number of likely N-dealkylation sites (tertiary alicyclic amines) is 1. The van der Waals surface area contributed by atoms with Gasteiger partial charge in [-0.2, -0.15) is 0 Å². The third-order valence-electron chi connectivity index (χ3n) is 3.59. The first-order valence-corrected chi connectivity index (χ1v) is 6.28. The van der Waals surface area contributed by atoms with E-state index < -0.39 is 0 Å². The Labute approximate surface area is 111 Å². The molecule has 3 N–H and O–H groups in total. The highest BCUT2D eigenvalue weighted by molar-refractivity contribution is 6.33. The highest BCUT2D eigenvalue weighted by Gasteiger charge is 2.44. The molecule has 0 radical (unpaired) electrons. The van der Waals surface area contributed by atoms with Crippen LogP contribution in [0.25, 0.3) is 0 Å². The summed E-state index contributed by atoms with van der Waals surface area (Å²) in [5.41, 5.74) is 6.16. The van der Waals surface area contributed by atoms with E-state index in [0.717, 1.165) is 0 Å². The van der Waals surface area contributed by atoms with Gasteiger partial charge in [-0.1, -0.05) is 25.4 Å². The van der Waals surface area contributed by atoms with Crippen LogP contribution < -0.4 is 5.73 Å². The monoisotopic (exact) mass is 268 g/mol. The second-order valence-electron chi connectivity index (χ2n) is 5.21. The van der Waals surface area contributed by atoms with Crippen molar-refractivity contribution in [3.63, 3.8) is 0 Å². The van der Waals surface area contributed by atoms with Gasteiger partial charge in [0.1, 0.15) is 5.75 Å². The van der Waals surface area contributed by atoms with Crippen molar-refractivity contribution in [2.24, 2.45) is 11.7 Å². The summed E-state index contributed by atoms with van der Waals surface area (Å²) >= 11 is 5.96. The van der Waals surface area contributed by atoms with Gasteiger partial charge in [-0.05, 0) is 24.1 Å². The van der Waals surface area contributed by atoms with E-state index in [1.165, 1.54) is 18.2 Å². The lowest BCUT2D eigenvalue weighted by Gasteiger charge is -2.50. The summed E-state index contributed by atoms with van der Waals surface area (Å²) < 4.78 is 0. The topological polar surface area (TPSA) is 66.6 Å². The van der Waals surface area contributed by atoms with Gasteiger partial charge < -0.3 is 15.7 Å². The summed E-state index contributed by atoms with van der Waals surface area (Å²) in [6.45, 7) is 5.14. The number of phenols is 1. The average Bonchev–Trinajstić information content (AvgIpc) is 2.27. The van der Waals surface area contributed by atoms with Gasteiger partial charge in [-0.25, -0.2) is 0 Å². The summed E-state index contributed by atoms with van der Waals surface area (Å²) in [5.74, 6) is 0.171. The number of hydrogen-bond acceptors (Lipinski definition) is 3. The molecule has 1 aromatic rings. The average molecular weight is 269 g/mol. The maximum atomic E-state index is 12.2. The van der Waals surface area contributed by atoms with Crippen LogP contribution in [0, 0.1) is 5.92 Å². The SMILES string of the molecule is CC(C)C1(N)CN(C(=O)c2cc(O)ccc2Cl)C1. The molecule has 1 aliphatic rings. The van der Waals surface area contributed by atoms with Gasteiger partial charge >= 0.3 is 0 Å². The first-order chi connectivity index (χ1) is 8.33. The minimum Gasteiger partial charge on any atom is -0.508 e. The van der Waals surface area contributed by atoms with Crippen molar-refractivity contribution >= 4 is 17.5 Å². The second kappa shape index (κ2) is 4.44. The second-order valence-corrected chi connectivity index (χ2v) is 5.62. The molecule has 0 bridgehead atoms. The molecule has 18 heavy (non-hydrogen) atoms. The summed E-state index contributed by atoms with van der Waals surface area (Å²) in [4.78, 5) is 13.8. The van der Waals surface area contributed by atoms with Crippen LogP contribution >= 0.6 is 11.6 Å². The van der Waals surface area contributed by atoms with E-state index in [-0.39, 0.29) is 17.2 Å². The van der Waals surface area contributed by atoms with Gasteiger partial charge in [0, 0.05) is 13.1 Å². The fourth-order valence-electron chi connectivity index (χ4n) is 2.02. The van der Waals surface area contributed by atoms with Gasteiger partial charge in [0.2, 0.25) is 0 Å². The van der Waals surface area contributed by atoms with Crippen LogP contribution in [-0.2, 0) is 0 Å². The zero-order valence-electron chi connectivity index (χ0n) is 10.5. The molecule has 0 atom stereocenters. The standard InChI is InChI=1S/C13H17ClN2O2/c1-8(2)13(15)6-16(7-13)12(18)10-5-9(17)3-4-11(10)14/h3-5,8,17H,6-7,15H2,1-2H3. The Morgan fingerprint density at radius 2 is 2.11 bits per heavy atom. The highest BCUT2D eigenvalue weighted by Crippen LogP contribution is 2.30. The number of phenolic OH excluding ortho intramolecular Hbond substituents is 1. The molecular formula is C13H17ClN2O2. The highest BCUT2D eigenvalue weighted by atomic mass is 35.5. The molecule has 0 saturated carbocycles. The van der Waals surface area contributed by atoms with E-state index in [9.17, 15) is 9.90 Å². The van der Waals surface area contributed by atoms with Crippen molar-refractivity contribution in [2.45, 2.75) is 19.4 Å². The summed E-state index contributed by atoms with van der Waals surface area (Å²) in [5, 5.41) is 9.74. The van der Waals surface area contributed by atoms with Crippen LogP contribution in [0.15, 0.2) is 18.2 Å². The molecule has 1 aliphatic heterocycles. The Hall–Kier alpha value is -1.26. The lowest BCUT2D eigenvalue weighted by atomic mass is 9.80. The summed E-state index contributed by atoms with van der Waals surface area (Å²) in [6, 6.07) is 4.36. The molecule has 1 aromatic carbocycles. The smallest absolute Gasteiger partial charge is 0.255 e. The van der Waals surface area contributed by atoms with Crippen molar-refractivity contribution in [1.29, 1.82) is 0 Å². The van der Waals surface area contributed by atoms with E-state index in [2.05, 4.69) is 0 Å². The Kier molecular flexibility index (Phi) is 3.25. The number of nitrogens with zero attached hydrogens (tertiary/aromatic N) is 1. The van der Waals surface area contributed by atoms with E-state index in [0.29, 0.717) is 29.6 Å². The number of carbonyl (C=O) groups excluding carboxylic acids is 1. The van der Waals surface area contributed by atoms with Crippen molar-refractivity contribution < 1.29 is 9.90 Å². The number of halogens is 1. The van der Waals surface area contributed by atoms with Crippen molar-refractivity contribution in [2.75, 3.05) is 13.1 Å². The minimum atomic E-state index is -0.307. The van der Waals surface area contributed by atoms with E-state index in [1.807, 2.05) is 13.8 Å². The molecule has 1 heterocycles. The Balaban J connectivity index is 2.13. The summed E-state index contributed by atoms with van der Waals surface area (Å²) in [6.07, 6.45) is 0. The largest absolute Gasteiger partial charge is 0.508 e. The lowest BCUT2D eigenvalue weighted by molar-refractivity contribution is 0.0275. The first kappa shape index (κ1) is 13.2. The minimum absolute atomic E-state index is 0.0335. The van der Waals surface area contributed by atoms with Crippen LogP contribution in [0.3, 0.4) is 0 Å².